The van der Waals surface area contributed by atoms with Crippen molar-refractivity contribution in [2.45, 2.75) is 19.8 Å². The smallest absolute Gasteiger partial charge is 0.255 e. The first-order valence-electron chi connectivity index (χ1n) is 5.43. The molecule has 0 aromatic heterocycles. The molecule has 1 N–H and O–H groups in total. The second-order valence-corrected chi connectivity index (χ2v) is 3.96. The first kappa shape index (κ1) is 13.0. The molecule has 0 unspecified atom stereocenters. The van der Waals surface area contributed by atoms with Crippen molar-refractivity contribution in [2.24, 2.45) is 0 Å². The van der Waals surface area contributed by atoms with E-state index in [-0.39, 0.29) is 12.5 Å². The molecule has 0 aliphatic carbocycles. The lowest BCUT2D eigenvalue weighted by atomic mass is 10.0. The van der Waals surface area contributed by atoms with Crippen molar-refractivity contribution in [3.8, 4) is 11.8 Å². The second-order valence-electron chi connectivity index (χ2n) is 3.96. The third kappa shape index (κ3) is 3.22. The molecule has 4 nitrogen and oxygen atoms in total. The van der Waals surface area contributed by atoms with Crippen LogP contribution in [0, 0.1) is 11.3 Å². The minimum atomic E-state index is -0.293. The Morgan fingerprint density at radius 3 is 2.76 bits per heavy atom. The zero-order chi connectivity index (χ0) is 12.8. The Labute approximate surface area is 101 Å². The van der Waals surface area contributed by atoms with E-state index in [4.69, 9.17) is 10.00 Å². The van der Waals surface area contributed by atoms with Crippen LogP contribution in [0.3, 0.4) is 0 Å². The van der Waals surface area contributed by atoms with E-state index in [0.29, 0.717) is 17.2 Å². The van der Waals surface area contributed by atoms with Crippen LogP contribution in [-0.4, -0.2) is 19.6 Å². The van der Waals surface area contributed by atoms with Gasteiger partial charge in [-0.3, -0.25) is 4.79 Å². The maximum absolute atomic E-state index is 11.7. The first-order valence-corrected chi connectivity index (χ1v) is 5.43. The molecule has 1 aromatic rings. The monoisotopic (exact) mass is 232 g/mol. The summed E-state index contributed by atoms with van der Waals surface area (Å²) in [5.74, 6) is 0.616. The quantitative estimate of drug-likeness (QED) is 0.808. The lowest BCUT2D eigenvalue weighted by Crippen LogP contribution is -2.24. The number of nitriles is 1. The van der Waals surface area contributed by atoms with Crippen molar-refractivity contribution >= 4 is 5.91 Å². The number of nitrogens with zero attached hydrogens (tertiary/aromatic N) is 1. The minimum Gasteiger partial charge on any atom is -0.496 e. The largest absolute Gasteiger partial charge is 0.496 e. The molecule has 0 heterocycles. The summed E-state index contributed by atoms with van der Waals surface area (Å²) in [6.07, 6.45) is 0. The molecule has 0 spiro atoms. The van der Waals surface area contributed by atoms with Gasteiger partial charge in [0.05, 0.1) is 18.7 Å². The average molecular weight is 232 g/mol. The van der Waals surface area contributed by atoms with Gasteiger partial charge >= 0.3 is 0 Å². The van der Waals surface area contributed by atoms with E-state index in [2.05, 4.69) is 19.2 Å². The van der Waals surface area contributed by atoms with Crippen LogP contribution >= 0.6 is 0 Å². The molecule has 4 heteroatoms. The zero-order valence-electron chi connectivity index (χ0n) is 10.3. The summed E-state index contributed by atoms with van der Waals surface area (Å²) < 4.78 is 5.19. The van der Waals surface area contributed by atoms with Crippen LogP contribution in [0.25, 0.3) is 0 Å². The topological polar surface area (TPSA) is 62.1 Å². The van der Waals surface area contributed by atoms with Gasteiger partial charge in [-0.2, -0.15) is 5.26 Å². The van der Waals surface area contributed by atoms with Gasteiger partial charge in [-0.1, -0.05) is 19.9 Å². The fourth-order valence-corrected chi connectivity index (χ4v) is 1.47. The van der Waals surface area contributed by atoms with E-state index in [1.54, 1.807) is 6.07 Å². The lowest BCUT2D eigenvalue weighted by molar-refractivity contribution is 0.0955. The van der Waals surface area contributed by atoms with Crippen LogP contribution in [0.5, 0.6) is 5.75 Å². The average Bonchev–Trinajstić information content (AvgIpc) is 2.34. The Hall–Kier alpha value is -2.02. The van der Waals surface area contributed by atoms with Crippen LogP contribution < -0.4 is 10.1 Å². The Morgan fingerprint density at radius 1 is 1.53 bits per heavy atom. The SMILES string of the molecule is COc1cc(C(C)C)ccc1C(=O)NCC#N. The zero-order valence-corrected chi connectivity index (χ0v) is 10.3. The van der Waals surface area contributed by atoms with Gasteiger partial charge in [0.15, 0.2) is 0 Å². The fourth-order valence-electron chi connectivity index (χ4n) is 1.47. The number of hydrogen-bond acceptors (Lipinski definition) is 3. The summed E-state index contributed by atoms with van der Waals surface area (Å²) in [5, 5.41) is 10.9. The standard InChI is InChI=1S/C13H16N2O2/c1-9(2)10-4-5-11(12(8-10)17-3)13(16)15-7-6-14/h4-5,8-9H,7H2,1-3H3,(H,15,16). The van der Waals surface area contributed by atoms with Crippen LogP contribution in [0.4, 0.5) is 0 Å². The predicted octanol–water partition coefficient (Wildman–Crippen LogP) is 2.07. The number of hydrogen-bond donors (Lipinski definition) is 1. The molecule has 90 valence electrons. The molecular formula is C13H16N2O2. The minimum absolute atomic E-state index is 0.00603. The summed E-state index contributed by atoms with van der Waals surface area (Å²) in [7, 11) is 1.53. The van der Waals surface area contributed by atoms with Gasteiger partial charge in [0.2, 0.25) is 0 Å². The maximum atomic E-state index is 11.7. The molecule has 1 amide bonds. The number of ether oxygens (including phenoxy) is 1. The number of benzene rings is 1. The van der Waals surface area contributed by atoms with Crippen molar-refractivity contribution < 1.29 is 9.53 Å². The van der Waals surface area contributed by atoms with Gasteiger partial charge in [-0.25, -0.2) is 0 Å². The van der Waals surface area contributed by atoms with Crippen LogP contribution in [0.15, 0.2) is 18.2 Å². The highest BCUT2D eigenvalue weighted by atomic mass is 16.5. The third-order valence-corrected chi connectivity index (χ3v) is 2.46. The number of methoxy groups -OCH3 is 1. The number of nitrogens with one attached hydrogen (secondary N) is 1. The Kier molecular flexibility index (Phi) is 4.53. The molecule has 0 saturated heterocycles. The molecule has 1 rings (SSSR count). The Bertz CT molecular complexity index is 447. The number of amides is 1. The van der Waals surface area contributed by atoms with E-state index in [0.717, 1.165) is 5.56 Å². The summed E-state index contributed by atoms with van der Waals surface area (Å²) in [5.41, 5.74) is 1.56. The van der Waals surface area contributed by atoms with Crippen molar-refractivity contribution in [3.05, 3.63) is 29.3 Å². The highest BCUT2D eigenvalue weighted by Crippen LogP contribution is 2.24. The van der Waals surface area contributed by atoms with Crippen LogP contribution in [0.1, 0.15) is 35.7 Å². The van der Waals surface area contributed by atoms with Crippen molar-refractivity contribution in [1.82, 2.24) is 5.32 Å². The van der Waals surface area contributed by atoms with Crippen molar-refractivity contribution in [1.29, 1.82) is 5.26 Å². The molecule has 0 bridgehead atoms. The summed E-state index contributed by atoms with van der Waals surface area (Å²) in [4.78, 5) is 11.7. The molecule has 0 saturated carbocycles. The summed E-state index contributed by atoms with van der Waals surface area (Å²) >= 11 is 0. The number of rotatable bonds is 4. The van der Waals surface area contributed by atoms with Gasteiger partial charge in [0, 0.05) is 0 Å². The van der Waals surface area contributed by atoms with Crippen molar-refractivity contribution in [3.63, 3.8) is 0 Å². The first-order chi connectivity index (χ1) is 8.10. The molecule has 0 aliphatic heterocycles. The second kappa shape index (κ2) is 5.90. The van der Waals surface area contributed by atoms with E-state index in [9.17, 15) is 4.79 Å². The van der Waals surface area contributed by atoms with E-state index in [1.165, 1.54) is 7.11 Å². The van der Waals surface area contributed by atoms with Crippen LogP contribution in [0.2, 0.25) is 0 Å². The normalized spacial score (nSPS) is 9.82. The van der Waals surface area contributed by atoms with Crippen LogP contribution in [-0.2, 0) is 0 Å². The van der Waals surface area contributed by atoms with E-state index in [1.807, 2.05) is 18.2 Å². The van der Waals surface area contributed by atoms with E-state index >= 15 is 0 Å². The highest BCUT2D eigenvalue weighted by Gasteiger charge is 2.13. The van der Waals surface area contributed by atoms with Gasteiger partial charge in [0.25, 0.3) is 5.91 Å². The Balaban J connectivity index is 3.01. The summed E-state index contributed by atoms with van der Waals surface area (Å²) in [6, 6.07) is 7.34. The van der Waals surface area contributed by atoms with Gasteiger partial charge < -0.3 is 10.1 Å². The summed E-state index contributed by atoms with van der Waals surface area (Å²) in [6.45, 7) is 4.14. The molecular weight excluding hydrogens is 216 g/mol. The molecule has 17 heavy (non-hydrogen) atoms. The molecule has 1 aromatic carbocycles. The lowest BCUT2D eigenvalue weighted by Gasteiger charge is -2.11. The fraction of sp³-hybridized carbons (Fsp3) is 0.385. The molecule has 0 fully saturated rings. The molecule has 0 aliphatic rings. The molecule has 0 atom stereocenters. The van der Waals surface area contributed by atoms with Crippen molar-refractivity contribution in [2.75, 3.05) is 13.7 Å². The van der Waals surface area contributed by atoms with Gasteiger partial charge in [-0.15, -0.1) is 0 Å². The Morgan fingerprint density at radius 2 is 2.24 bits per heavy atom. The maximum Gasteiger partial charge on any atom is 0.255 e. The predicted molar refractivity (Wildman–Crippen MR) is 65.0 cm³/mol. The molecule has 0 radical (unpaired) electrons. The third-order valence-electron chi connectivity index (χ3n) is 2.46. The van der Waals surface area contributed by atoms with Gasteiger partial charge in [-0.05, 0) is 23.6 Å². The van der Waals surface area contributed by atoms with Gasteiger partial charge in [0.1, 0.15) is 12.3 Å². The number of carbonyl (C=O) groups excluding carboxylic acids is 1. The highest BCUT2D eigenvalue weighted by molar-refractivity contribution is 5.97. The number of carbonyl (C=O) groups is 1. The van der Waals surface area contributed by atoms with E-state index < -0.39 is 0 Å².